The van der Waals surface area contributed by atoms with Crippen LogP contribution in [0.15, 0.2) is 65.6 Å². The number of hydrogen-bond acceptors (Lipinski definition) is 5. The topological polar surface area (TPSA) is 88.5 Å². The summed E-state index contributed by atoms with van der Waals surface area (Å²) in [5, 5.41) is 13.6. The van der Waals surface area contributed by atoms with E-state index in [0.717, 1.165) is 5.39 Å². The second kappa shape index (κ2) is 8.53. The van der Waals surface area contributed by atoms with E-state index in [2.05, 4.69) is 10.3 Å². The summed E-state index contributed by atoms with van der Waals surface area (Å²) in [7, 11) is 0. The molecule has 0 spiro atoms. The highest BCUT2D eigenvalue weighted by Crippen LogP contribution is 2.23. The lowest BCUT2D eigenvalue weighted by atomic mass is 10.1. The second-order valence-corrected chi connectivity index (χ2v) is 5.97. The molecule has 0 fully saturated rings. The Bertz CT molecular complexity index is 1020. The first-order valence-electron chi connectivity index (χ1n) is 8.65. The summed E-state index contributed by atoms with van der Waals surface area (Å²) in [5.41, 5.74) is 1.64. The van der Waals surface area contributed by atoms with Crippen LogP contribution in [0, 0.1) is 0 Å². The highest BCUT2D eigenvalue weighted by molar-refractivity contribution is 5.93. The number of aromatic nitrogens is 1. The number of fused-ring (bicyclic) bond motifs is 1. The SMILES string of the molecule is CCOC(O)c1ccccc1NC(=O)Cc1cc2ccccc2ncc1=O. The average Bonchev–Trinajstić information content (AvgIpc) is 2.81. The quantitative estimate of drug-likeness (QED) is 0.657. The number of anilines is 1. The molecule has 0 bridgehead atoms. The van der Waals surface area contributed by atoms with Crippen molar-refractivity contribution in [3.8, 4) is 0 Å². The van der Waals surface area contributed by atoms with E-state index in [0.29, 0.717) is 28.9 Å². The molecule has 1 heterocycles. The lowest BCUT2D eigenvalue weighted by molar-refractivity contribution is -0.115. The first kappa shape index (κ1) is 18.7. The largest absolute Gasteiger partial charge is 0.364 e. The van der Waals surface area contributed by atoms with Crippen LogP contribution in [0.4, 0.5) is 5.69 Å². The molecule has 138 valence electrons. The normalized spacial score (nSPS) is 11.9. The van der Waals surface area contributed by atoms with Gasteiger partial charge in [-0.2, -0.15) is 0 Å². The molecule has 0 aliphatic carbocycles. The Kier molecular flexibility index (Phi) is 5.90. The fourth-order valence-corrected chi connectivity index (χ4v) is 2.78. The standard InChI is InChI=1S/C21H20N2O4/c1-2-27-21(26)16-8-4-6-10-18(16)23-20(25)12-15-11-14-7-3-5-9-17(14)22-13-19(15)24/h3-11,13,21,26H,2,12H2,1H3,(H,23,25). The van der Waals surface area contributed by atoms with Gasteiger partial charge in [0.25, 0.3) is 0 Å². The second-order valence-electron chi connectivity index (χ2n) is 5.97. The number of nitrogens with one attached hydrogen (secondary N) is 1. The molecule has 1 atom stereocenters. The predicted molar refractivity (Wildman–Crippen MR) is 103 cm³/mol. The maximum Gasteiger partial charge on any atom is 0.228 e. The molecule has 1 aromatic heterocycles. The summed E-state index contributed by atoms with van der Waals surface area (Å²) in [5.74, 6) is -0.362. The van der Waals surface area contributed by atoms with Crippen LogP contribution < -0.4 is 10.7 Å². The van der Waals surface area contributed by atoms with Crippen molar-refractivity contribution in [3.63, 3.8) is 0 Å². The van der Waals surface area contributed by atoms with Crippen molar-refractivity contribution in [2.75, 3.05) is 11.9 Å². The van der Waals surface area contributed by atoms with Gasteiger partial charge in [0.15, 0.2) is 6.29 Å². The lowest BCUT2D eigenvalue weighted by Gasteiger charge is -2.15. The lowest BCUT2D eigenvalue weighted by Crippen LogP contribution is -2.20. The molecular weight excluding hydrogens is 344 g/mol. The molecule has 2 aromatic carbocycles. The number of aliphatic hydroxyl groups excluding tert-OH is 1. The van der Waals surface area contributed by atoms with Crippen molar-refractivity contribution >= 4 is 22.5 Å². The van der Waals surface area contributed by atoms with Crippen molar-refractivity contribution in [2.45, 2.75) is 19.6 Å². The zero-order valence-electron chi connectivity index (χ0n) is 14.9. The van der Waals surface area contributed by atoms with Crippen LogP contribution in [-0.2, 0) is 16.0 Å². The van der Waals surface area contributed by atoms with Crippen molar-refractivity contribution in [1.82, 2.24) is 4.98 Å². The molecule has 6 nitrogen and oxygen atoms in total. The van der Waals surface area contributed by atoms with E-state index >= 15 is 0 Å². The van der Waals surface area contributed by atoms with Crippen molar-refractivity contribution in [1.29, 1.82) is 0 Å². The van der Waals surface area contributed by atoms with Crippen LogP contribution >= 0.6 is 0 Å². The van der Waals surface area contributed by atoms with E-state index in [9.17, 15) is 14.7 Å². The third-order valence-corrected chi connectivity index (χ3v) is 4.08. The zero-order valence-corrected chi connectivity index (χ0v) is 14.9. The number of amides is 1. The van der Waals surface area contributed by atoms with Crippen molar-refractivity contribution in [3.05, 3.63) is 82.1 Å². The van der Waals surface area contributed by atoms with Gasteiger partial charge >= 0.3 is 0 Å². The fraction of sp³-hybridized carbons (Fsp3) is 0.190. The van der Waals surface area contributed by atoms with Gasteiger partial charge in [0.05, 0.1) is 18.1 Å². The molecule has 3 aromatic rings. The van der Waals surface area contributed by atoms with Gasteiger partial charge in [-0.05, 0) is 25.1 Å². The number of benzene rings is 2. The number of ether oxygens (including phenoxy) is 1. The Morgan fingerprint density at radius 1 is 1.19 bits per heavy atom. The van der Waals surface area contributed by atoms with Crippen molar-refractivity contribution < 1.29 is 14.6 Å². The van der Waals surface area contributed by atoms with Crippen LogP contribution in [0.2, 0.25) is 0 Å². The monoisotopic (exact) mass is 364 g/mol. The number of hydrogen-bond donors (Lipinski definition) is 2. The van der Waals surface area contributed by atoms with E-state index < -0.39 is 6.29 Å². The van der Waals surface area contributed by atoms with Crippen LogP contribution in [0.5, 0.6) is 0 Å². The zero-order chi connectivity index (χ0) is 19.2. The van der Waals surface area contributed by atoms with Crippen LogP contribution in [0.1, 0.15) is 24.3 Å². The predicted octanol–water partition coefficient (Wildman–Crippen LogP) is 2.80. The van der Waals surface area contributed by atoms with Crippen LogP contribution in [-0.4, -0.2) is 22.6 Å². The summed E-state index contributed by atoms with van der Waals surface area (Å²) in [6.07, 6.45) is -0.0000563. The highest BCUT2D eigenvalue weighted by atomic mass is 16.6. The third kappa shape index (κ3) is 4.55. The molecule has 0 aliphatic heterocycles. The summed E-state index contributed by atoms with van der Waals surface area (Å²) in [6, 6.07) is 15.9. The van der Waals surface area contributed by atoms with E-state index in [1.54, 1.807) is 37.3 Å². The molecular formula is C21H20N2O4. The molecule has 1 unspecified atom stereocenters. The van der Waals surface area contributed by atoms with Gasteiger partial charge in [-0.3, -0.25) is 14.6 Å². The number of para-hydroxylation sites is 2. The third-order valence-electron chi connectivity index (χ3n) is 4.08. The molecule has 0 radical (unpaired) electrons. The molecule has 1 amide bonds. The molecule has 6 heteroatoms. The van der Waals surface area contributed by atoms with Gasteiger partial charge in [0.1, 0.15) is 0 Å². The Morgan fingerprint density at radius 2 is 1.93 bits per heavy atom. The van der Waals surface area contributed by atoms with Crippen LogP contribution in [0.25, 0.3) is 10.9 Å². The number of aliphatic hydroxyl groups is 1. The van der Waals surface area contributed by atoms with E-state index in [-0.39, 0.29) is 17.8 Å². The van der Waals surface area contributed by atoms with E-state index in [1.807, 2.05) is 24.3 Å². The minimum Gasteiger partial charge on any atom is -0.364 e. The summed E-state index contributed by atoms with van der Waals surface area (Å²) >= 11 is 0. The number of carbonyl (C=O) groups excluding carboxylic acids is 1. The summed E-state index contributed by atoms with van der Waals surface area (Å²) < 4.78 is 5.19. The number of nitrogens with zero attached hydrogens (tertiary/aromatic N) is 1. The highest BCUT2D eigenvalue weighted by Gasteiger charge is 2.15. The van der Waals surface area contributed by atoms with E-state index in [1.165, 1.54) is 6.20 Å². The Labute approximate surface area is 156 Å². The Morgan fingerprint density at radius 3 is 2.74 bits per heavy atom. The molecule has 27 heavy (non-hydrogen) atoms. The van der Waals surface area contributed by atoms with Crippen LogP contribution in [0.3, 0.4) is 0 Å². The molecule has 0 saturated heterocycles. The van der Waals surface area contributed by atoms with Crippen molar-refractivity contribution in [2.24, 2.45) is 0 Å². The van der Waals surface area contributed by atoms with Gasteiger partial charge in [-0.25, -0.2) is 0 Å². The maximum absolute atomic E-state index is 12.5. The summed E-state index contributed by atoms with van der Waals surface area (Å²) in [6.45, 7) is 2.11. The average molecular weight is 364 g/mol. The number of rotatable bonds is 6. The minimum absolute atomic E-state index is 0.0990. The molecule has 3 rings (SSSR count). The number of carbonyl (C=O) groups is 1. The first-order chi connectivity index (χ1) is 13.1. The Balaban J connectivity index is 1.84. The molecule has 0 saturated carbocycles. The van der Waals surface area contributed by atoms with Gasteiger partial charge < -0.3 is 15.2 Å². The van der Waals surface area contributed by atoms with Gasteiger partial charge in [0, 0.05) is 28.8 Å². The summed E-state index contributed by atoms with van der Waals surface area (Å²) in [4.78, 5) is 28.9. The molecule has 2 N–H and O–H groups in total. The smallest absolute Gasteiger partial charge is 0.228 e. The maximum atomic E-state index is 12.5. The van der Waals surface area contributed by atoms with Gasteiger partial charge in [0.2, 0.25) is 11.3 Å². The fourth-order valence-electron chi connectivity index (χ4n) is 2.78. The molecule has 0 aliphatic rings. The van der Waals surface area contributed by atoms with Gasteiger partial charge in [-0.1, -0.05) is 36.4 Å². The van der Waals surface area contributed by atoms with E-state index in [4.69, 9.17) is 4.74 Å². The minimum atomic E-state index is -1.13. The van der Waals surface area contributed by atoms with Gasteiger partial charge in [-0.15, -0.1) is 0 Å². The first-order valence-corrected chi connectivity index (χ1v) is 8.65. The Hall–Kier alpha value is -3.09.